The molecule has 0 radical (unpaired) electrons. The maximum atomic E-state index is 13.4. The van der Waals surface area contributed by atoms with Gasteiger partial charge in [0.15, 0.2) is 0 Å². The first-order chi connectivity index (χ1) is 9.06. The van der Waals surface area contributed by atoms with Gasteiger partial charge in [0.2, 0.25) is 0 Å². The van der Waals surface area contributed by atoms with E-state index in [0.29, 0.717) is 5.88 Å². The van der Waals surface area contributed by atoms with Crippen LogP contribution >= 0.6 is 23.2 Å². The molecule has 0 heterocycles. The number of benzene rings is 1. The van der Waals surface area contributed by atoms with E-state index in [1.807, 2.05) is 0 Å². The summed E-state index contributed by atoms with van der Waals surface area (Å²) < 4.78 is 13.4. The summed E-state index contributed by atoms with van der Waals surface area (Å²) in [5, 5.41) is 2.98. The molecule has 0 spiro atoms. The number of carbonyl (C=O) groups excluding carboxylic acids is 1. The molecule has 1 N–H and O–H groups in total. The third kappa shape index (κ3) is 3.40. The van der Waals surface area contributed by atoms with Crippen LogP contribution in [0, 0.1) is 5.82 Å². The monoisotopic (exact) mass is 303 g/mol. The standard InChI is InChI=1S/C14H16Cl2FNO/c15-9-14(6-2-1-3-7-14)18-13(19)10-4-5-11(16)12(17)8-10/h4-5,8H,1-3,6-7,9H2,(H,18,19). The van der Waals surface area contributed by atoms with Crippen LogP contribution in [0.1, 0.15) is 42.5 Å². The molecule has 1 aromatic rings. The highest BCUT2D eigenvalue weighted by atomic mass is 35.5. The minimum atomic E-state index is -0.585. The molecule has 0 aliphatic heterocycles. The first kappa shape index (κ1) is 14.6. The van der Waals surface area contributed by atoms with Gasteiger partial charge in [0.1, 0.15) is 5.82 Å². The van der Waals surface area contributed by atoms with Gasteiger partial charge in [-0.1, -0.05) is 30.9 Å². The summed E-state index contributed by atoms with van der Waals surface area (Å²) in [6.45, 7) is 0. The summed E-state index contributed by atoms with van der Waals surface area (Å²) in [5.41, 5.74) is -0.0792. The van der Waals surface area contributed by atoms with E-state index < -0.39 is 5.82 Å². The third-order valence-corrected chi connectivity index (χ3v) is 4.45. The lowest BCUT2D eigenvalue weighted by molar-refractivity contribution is 0.0884. The van der Waals surface area contributed by atoms with Crippen molar-refractivity contribution < 1.29 is 9.18 Å². The zero-order valence-electron chi connectivity index (χ0n) is 10.5. The maximum Gasteiger partial charge on any atom is 0.251 e. The molecule has 2 rings (SSSR count). The van der Waals surface area contributed by atoms with Crippen molar-refractivity contribution in [1.29, 1.82) is 0 Å². The summed E-state index contributed by atoms with van der Waals surface area (Å²) >= 11 is 11.6. The molecule has 1 aromatic carbocycles. The average Bonchev–Trinajstić information content (AvgIpc) is 2.43. The van der Waals surface area contributed by atoms with Crippen molar-refractivity contribution in [2.24, 2.45) is 0 Å². The van der Waals surface area contributed by atoms with E-state index in [4.69, 9.17) is 23.2 Å². The normalized spacial score (nSPS) is 18.1. The molecule has 0 atom stereocenters. The third-order valence-electron chi connectivity index (χ3n) is 3.63. The molecule has 1 aliphatic carbocycles. The minimum absolute atomic E-state index is 0.0151. The molecule has 1 amide bonds. The molecule has 1 aliphatic rings. The number of hydrogen-bond acceptors (Lipinski definition) is 1. The Morgan fingerprint density at radius 2 is 2.00 bits per heavy atom. The molecular weight excluding hydrogens is 288 g/mol. The molecule has 5 heteroatoms. The topological polar surface area (TPSA) is 29.1 Å². The molecule has 1 saturated carbocycles. The second kappa shape index (κ2) is 6.10. The molecule has 19 heavy (non-hydrogen) atoms. The van der Waals surface area contributed by atoms with Gasteiger partial charge in [-0.05, 0) is 31.0 Å². The summed E-state index contributed by atoms with van der Waals surface area (Å²) in [5.74, 6) is -0.495. The van der Waals surface area contributed by atoms with Crippen LogP contribution in [0.2, 0.25) is 5.02 Å². The molecule has 0 aromatic heterocycles. The fourth-order valence-corrected chi connectivity index (χ4v) is 2.92. The van der Waals surface area contributed by atoms with Crippen LogP contribution < -0.4 is 5.32 Å². The van der Waals surface area contributed by atoms with Crippen molar-refractivity contribution in [3.05, 3.63) is 34.6 Å². The van der Waals surface area contributed by atoms with Gasteiger partial charge in [0.05, 0.1) is 10.6 Å². The first-order valence-corrected chi connectivity index (χ1v) is 7.31. The zero-order chi connectivity index (χ0) is 13.9. The number of carbonyl (C=O) groups is 1. The molecular formula is C14H16Cl2FNO. The van der Waals surface area contributed by atoms with Crippen LogP contribution in [0.4, 0.5) is 4.39 Å². The molecule has 0 bridgehead atoms. The van der Waals surface area contributed by atoms with Gasteiger partial charge in [0.25, 0.3) is 5.91 Å². The number of rotatable bonds is 3. The summed E-state index contributed by atoms with van der Waals surface area (Å²) in [4.78, 5) is 12.2. The highest BCUT2D eigenvalue weighted by molar-refractivity contribution is 6.30. The molecule has 2 nitrogen and oxygen atoms in total. The Hall–Kier alpha value is -0.800. The van der Waals surface area contributed by atoms with Crippen LogP contribution in [0.3, 0.4) is 0 Å². The number of amides is 1. The zero-order valence-corrected chi connectivity index (χ0v) is 12.0. The highest BCUT2D eigenvalue weighted by Gasteiger charge is 2.33. The number of hydrogen-bond donors (Lipinski definition) is 1. The van der Waals surface area contributed by atoms with E-state index in [-0.39, 0.29) is 22.0 Å². The van der Waals surface area contributed by atoms with Gasteiger partial charge in [-0.15, -0.1) is 11.6 Å². The van der Waals surface area contributed by atoms with Crippen LogP contribution in [-0.2, 0) is 0 Å². The van der Waals surface area contributed by atoms with Crippen molar-refractivity contribution >= 4 is 29.1 Å². The fourth-order valence-electron chi connectivity index (χ4n) is 2.47. The quantitative estimate of drug-likeness (QED) is 0.835. The molecule has 104 valence electrons. The van der Waals surface area contributed by atoms with Crippen LogP contribution in [0.5, 0.6) is 0 Å². The van der Waals surface area contributed by atoms with E-state index in [9.17, 15) is 9.18 Å². The van der Waals surface area contributed by atoms with Gasteiger partial charge in [0, 0.05) is 11.4 Å². The van der Waals surface area contributed by atoms with Crippen molar-refractivity contribution in [2.45, 2.75) is 37.6 Å². The SMILES string of the molecule is O=C(NC1(CCl)CCCCC1)c1ccc(Cl)c(F)c1. The van der Waals surface area contributed by atoms with E-state index in [1.54, 1.807) is 0 Å². The van der Waals surface area contributed by atoms with Gasteiger partial charge in [-0.2, -0.15) is 0 Å². The molecule has 1 fully saturated rings. The molecule has 0 saturated heterocycles. The Morgan fingerprint density at radius 3 is 2.58 bits per heavy atom. The van der Waals surface area contributed by atoms with Gasteiger partial charge in [-0.3, -0.25) is 4.79 Å². The maximum absolute atomic E-state index is 13.4. The predicted molar refractivity (Wildman–Crippen MR) is 75.4 cm³/mol. The van der Waals surface area contributed by atoms with Crippen molar-refractivity contribution in [3.8, 4) is 0 Å². The van der Waals surface area contributed by atoms with Gasteiger partial charge in [-0.25, -0.2) is 4.39 Å². The van der Waals surface area contributed by atoms with Crippen molar-refractivity contribution in [3.63, 3.8) is 0 Å². The Labute approximate surface area is 122 Å². The Bertz CT molecular complexity index is 473. The molecule has 0 unspecified atom stereocenters. The van der Waals surface area contributed by atoms with E-state index in [0.717, 1.165) is 31.7 Å². The van der Waals surface area contributed by atoms with E-state index >= 15 is 0 Å². The van der Waals surface area contributed by atoms with E-state index in [1.165, 1.54) is 18.6 Å². The lowest BCUT2D eigenvalue weighted by Crippen LogP contribution is -2.51. The largest absolute Gasteiger partial charge is 0.345 e. The lowest BCUT2D eigenvalue weighted by Gasteiger charge is -2.36. The minimum Gasteiger partial charge on any atom is -0.345 e. The van der Waals surface area contributed by atoms with Gasteiger partial charge < -0.3 is 5.32 Å². The summed E-state index contributed by atoms with van der Waals surface area (Å²) in [6.07, 6.45) is 5.03. The highest BCUT2D eigenvalue weighted by Crippen LogP contribution is 2.29. The summed E-state index contributed by atoms with van der Waals surface area (Å²) in [6, 6.07) is 4.06. The second-order valence-corrected chi connectivity index (χ2v) is 5.73. The second-order valence-electron chi connectivity index (χ2n) is 5.06. The Morgan fingerprint density at radius 1 is 1.32 bits per heavy atom. The van der Waals surface area contributed by atoms with Gasteiger partial charge >= 0.3 is 0 Å². The van der Waals surface area contributed by atoms with Crippen molar-refractivity contribution in [1.82, 2.24) is 5.32 Å². The van der Waals surface area contributed by atoms with Crippen molar-refractivity contribution in [2.75, 3.05) is 5.88 Å². The van der Waals surface area contributed by atoms with Crippen LogP contribution in [0.15, 0.2) is 18.2 Å². The average molecular weight is 304 g/mol. The smallest absolute Gasteiger partial charge is 0.251 e. The number of alkyl halides is 1. The Balaban J connectivity index is 2.12. The van der Waals surface area contributed by atoms with Crippen LogP contribution in [-0.4, -0.2) is 17.3 Å². The number of nitrogens with one attached hydrogen (secondary N) is 1. The lowest BCUT2D eigenvalue weighted by atomic mass is 9.83. The number of halogens is 3. The first-order valence-electron chi connectivity index (χ1n) is 6.40. The Kier molecular flexibility index (Phi) is 4.69. The predicted octanol–water partition coefficient (Wildman–Crippen LogP) is 4.15. The summed E-state index contributed by atoms with van der Waals surface area (Å²) in [7, 11) is 0. The van der Waals surface area contributed by atoms with E-state index in [2.05, 4.69) is 5.32 Å². The fraction of sp³-hybridized carbons (Fsp3) is 0.500. The van der Waals surface area contributed by atoms with Crippen LogP contribution in [0.25, 0.3) is 0 Å².